The predicted octanol–water partition coefficient (Wildman–Crippen LogP) is 2.22. The Bertz CT molecular complexity index is 279. The fourth-order valence-corrected chi connectivity index (χ4v) is 0.916. The topological polar surface area (TPSA) is 42.2 Å². The highest BCUT2D eigenvalue weighted by molar-refractivity contribution is 5.21. The van der Waals surface area contributed by atoms with E-state index in [1.165, 1.54) is 0 Å². The van der Waals surface area contributed by atoms with Crippen molar-refractivity contribution in [3.05, 3.63) is 35.9 Å². The summed E-state index contributed by atoms with van der Waals surface area (Å²) in [5, 5.41) is 8.75. The number of nitrogens with zero attached hydrogens (tertiary/aromatic N) is 1. The number of rotatable bonds is 4. The summed E-state index contributed by atoms with van der Waals surface area (Å²) in [7, 11) is 0. The molecule has 1 aromatic rings. The number of nitriles is 1. The van der Waals surface area contributed by atoms with Gasteiger partial charge in [0.05, 0.1) is 6.61 Å². The van der Waals surface area contributed by atoms with Crippen molar-refractivity contribution in [1.82, 2.24) is 0 Å². The van der Waals surface area contributed by atoms with Crippen LogP contribution in [-0.4, -0.2) is 6.61 Å². The lowest BCUT2D eigenvalue weighted by molar-refractivity contribution is -0.312. The molecule has 68 valence electrons. The second-order valence-corrected chi connectivity index (χ2v) is 2.42. The van der Waals surface area contributed by atoms with Gasteiger partial charge in [-0.1, -0.05) is 30.3 Å². The maximum Gasteiger partial charge on any atom is 0.204 e. The van der Waals surface area contributed by atoms with E-state index in [1.807, 2.05) is 36.4 Å². The van der Waals surface area contributed by atoms with Gasteiger partial charge in [-0.2, -0.15) is 5.26 Å². The SMILES string of the molecule is CCOOC(C#N)c1ccccc1. The highest BCUT2D eigenvalue weighted by Crippen LogP contribution is 2.15. The Morgan fingerprint density at radius 1 is 1.38 bits per heavy atom. The first-order chi connectivity index (χ1) is 6.38. The Morgan fingerprint density at radius 2 is 2.08 bits per heavy atom. The molecule has 0 radical (unpaired) electrons. The first-order valence-corrected chi connectivity index (χ1v) is 4.11. The van der Waals surface area contributed by atoms with Crippen molar-refractivity contribution in [2.75, 3.05) is 6.61 Å². The summed E-state index contributed by atoms with van der Waals surface area (Å²) in [6.07, 6.45) is -0.638. The van der Waals surface area contributed by atoms with Crippen molar-refractivity contribution in [2.45, 2.75) is 13.0 Å². The zero-order valence-corrected chi connectivity index (χ0v) is 7.43. The lowest BCUT2D eigenvalue weighted by Gasteiger charge is -2.07. The maximum atomic E-state index is 8.75. The van der Waals surface area contributed by atoms with Gasteiger partial charge in [-0.15, -0.1) is 0 Å². The quantitative estimate of drug-likeness (QED) is 0.523. The van der Waals surface area contributed by atoms with Crippen molar-refractivity contribution in [3.63, 3.8) is 0 Å². The molecule has 0 aliphatic carbocycles. The van der Waals surface area contributed by atoms with Gasteiger partial charge >= 0.3 is 0 Å². The normalized spacial score (nSPS) is 12.0. The van der Waals surface area contributed by atoms with Crippen molar-refractivity contribution in [2.24, 2.45) is 0 Å². The Balaban J connectivity index is 2.63. The molecule has 3 heteroatoms. The second-order valence-electron chi connectivity index (χ2n) is 2.42. The highest BCUT2D eigenvalue weighted by atomic mass is 17.2. The van der Waals surface area contributed by atoms with Crippen molar-refractivity contribution < 1.29 is 9.78 Å². The monoisotopic (exact) mass is 177 g/mol. The van der Waals surface area contributed by atoms with Crippen LogP contribution in [0.5, 0.6) is 0 Å². The number of hydrogen-bond donors (Lipinski definition) is 0. The van der Waals surface area contributed by atoms with E-state index < -0.39 is 6.10 Å². The average molecular weight is 177 g/mol. The van der Waals surface area contributed by atoms with Gasteiger partial charge in [0.2, 0.25) is 6.10 Å². The minimum atomic E-state index is -0.638. The summed E-state index contributed by atoms with van der Waals surface area (Å²) in [6.45, 7) is 2.24. The third-order valence-corrected chi connectivity index (χ3v) is 1.50. The molecule has 1 atom stereocenters. The molecule has 0 N–H and O–H groups in total. The first kappa shape index (κ1) is 9.72. The van der Waals surface area contributed by atoms with E-state index in [0.717, 1.165) is 5.56 Å². The van der Waals surface area contributed by atoms with Gasteiger partial charge in [0, 0.05) is 0 Å². The predicted molar refractivity (Wildman–Crippen MR) is 47.5 cm³/mol. The molecule has 0 spiro atoms. The first-order valence-electron chi connectivity index (χ1n) is 4.11. The van der Waals surface area contributed by atoms with E-state index in [2.05, 4.69) is 0 Å². The van der Waals surface area contributed by atoms with E-state index >= 15 is 0 Å². The van der Waals surface area contributed by atoms with Crippen LogP contribution in [0.25, 0.3) is 0 Å². The fourth-order valence-electron chi connectivity index (χ4n) is 0.916. The van der Waals surface area contributed by atoms with E-state index in [0.29, 0.717) is 6.61 Å². The lowest BCUT2D eigenvalue weighted by atomic mass is 10.1. The number of hydrogen-bond acceptors (Lipinski definition) is 3. The molecule has 0 saturated carbocycles. The summed E-state index contributed by atoms with van der Waals surface area (Å²) in [5.41, 5.74) is 0.804. The average Bonchev–Trinajstić information content (AvgIpc) is 2.21. The van der Waals surface area contributed by atoms with Crippen LogP contribution in [0.15, 0.2) is 30.3 Å². The van der Waals surface area contributed by atoms with E-state index in [4.69, 9.17) is 15.0 Å². The van der Waals surface area contributed by atoms with Crippen LogP contribution in [0.1, 0.15) is 18.6 Å². The van der Waals surface area contributed by atoms with Gasteiger partial charge in [-0.3, -0.25) is 0 Å². The largest absolute Gasteiger partial charge is 0.235 e. The van der Waals surface area contributed by atoms with Gasteiger partial charge < -0.3 is 0 Å². The molecular weight excluding hydrogens is 166 g/mol. The van der Waals surface area contributed by atoms with Gasteiger partial charge in [-0.25, -0.2) is 9.78 Å². The third-order valence-electron chi connectivity index (χ3n) is 1.50. The van der Waals surface area contributed by atoms with Crippen LogP contribution in [0.3, 0.4) is 0 Å². The van der Waals surface area contributed by atoms with Gasteiger partial charge in [0.1, 0.15) is 6.07 Å². The van der Waals surface area contributed by atoms with E-state index in [-0.39, 0.29) is 0 Å². The lowest BCUT2D eigenvalue weighted by Crippen LogP contribution is -2.02. The Labute approximate surface area is 77.4 Å². The molecule has 3 nitrogen and oxygen atoms in total. The Morgan fingerprint density at radius 3 is 2.62 bits per heavy atom. The minimum absolute atomic E-state index is 0.436. The molecule has 0 saturated heterocycles. The van der Waals surface area contributed by atoms with Crippen LogP contribution in [0, 0.1) is 11.3 Å². The summed E-state index contributed by atoms with van der Waals surface area (Å²) >= 11 is 0. The Kier molecular flexibility index (Phi) is 3.97. The van der Waals surface area contributed by atoms with Crippen LogP contribution in [0.4, 0.5) is 0 Å². The molecule has 1 aromatic carbocycles. The zero-order valence-electron chi connectivity index (χ0n) is 7.43. The van der Waals surface area contributed by atoms with Crippen LogP contribution < -0.4 is 0 Å². The van der Waals surface area contributed by atoms with E-state index in [1.54, 1.807) is 6.92 Å². The summed E-state index contributed by atoms with van der Waals surface area (Å²) in [5.74, 6) is 0. The standard InChI is InChI=1S/C10H11NO2/c1-2-12-13-10(8-11)9-6-4-3-5-7-9/h3-7,10H,2H2,1H3. The van der Waals surface area contributed by atoms with Crippen LogP contribution >= 0.6 is 0 Å². The zero-order chi connectivity index (χ0) is 9.52. The smallest absolute Gasteiger partial charge is 0.204 e. The Hall–Kier alpha value is -1.37. The molecule has 1 rings (SSSR count). The van der Waals surface area contributed by atoms with E-state index in [9.17, 15) is 0 Å². The van der Waals surface area contributed by atoms with Crippen molar-refractivity contribution in [3.8, 4) is 6.07 Å². The third kappa shape index (κ3) is 2.86. The molecule has 0 amide bonds. The summed E-state index contributed by atoms with van der Waals surface area (Å²) in [6, 6.07) is 11.3. The van der Waals surface area contributed by atoms with Gasteiger partial charge in [0.25, 0.3) is 0 Å². The molecular formula is C10H11NO2. The number of benzene rings is 1. The second kappa shape index (κ2) is 5.31. The summed E-state index contributed by atoms with van der Waals surface area (Å²) < 4.78 is 0. The van der Waals surface area contributed by atoms with Gasteiger partial charge in [0.15, 0.2) is 0 Å². The molecule has 13 heavy (non-hydrogen) atoms. The highest BCUT2D eigenvalue weighted by Gasteiger charge is 2.10. The van der Waals surface area contributed by atoms with Gasteiger partial charge in [-0.05, 0) is 12.5 Å². The molecule has 0 fully saturated rings. The van der Waals surface area contributed by atoms with Crippen LogP contribution in [0.2, 0.25) is 0 Å². The van der Waals surface area contributed by atoms with Crippen molar-refractivity contribution in [1.29, 1.82) is 5.26 Å². The van der Waals surface area contributed by atoms with Crippen molar-refractivity contribution >= 4 is 0 Å². The van der Waals surface area contributed by atoms with Crippen LogP contribution in [-0.2, 0) is 9.78 Å². The maximum absolute atomic E-state index is 8.75. The molecule has 0 bridgehead atoms. The summed E-state index contributed by atoms with van der Waals surface area (Å²) in [4.78, 5) is 9.58. The molecule has 0 aliphatic heterocycles. The fraction of sp³-hybridized carbons (Fsp3) is 0.300. The molecule has 0 heterocycles. The molecule has 1 unspecified atom stereocenters. The minimum Gasteiger partial charge on any atom is -0.235 e. The molecule has 0 aromatic heterocycles. The molecule has 0 aliphatic rings.